The van der Waals surface area contributed by atoms with Crippen LogP contribution in [0.5, 0.6) is 0 Å². The summed E-state index contributed by atoms with van der Waals surface area (Å²) in [4.78, 5) is 24.8. The average Bonchev–Trinajstić information content (AvgIpc) is 3.03. The normalized spacial score (nSPS) is 18.0. The Kier molecular flexibility index (Phi) is 4.73. The Balaban J connectivity index is 1.71. The van der Waals surface area contributed by atoms with Gasteiger partial charge in [0.05, 0.1) is 5.92 Å². The first-order chi connectivity index (χ1) is 11.1. The molecule has 23 heavy (non-hydrogen) atoms. The molecule has 2 atom stereocenters. The number of rotatable bonds is 4. The molecule has 1 aliphatic heterocycles. The third-order valence-electron chi connectivity index (χ3n) is 3.96. The molecule has 0 saturated heterocycles. The van der Waals surface area contributed by atoms with E-state index in [1.807, 2.05) is 11.4 Å². The highest BCUT2D eigenvalue weighted by Crippen LogP contribution is 2.39. The number of amides is 1. The van der Waals surface area contributed by atoms with Crippen LogP contribution in [0.3, 0.4) is 0 Å². The number of carboxylic acid groups (broad SMARTS) is 1. The molecule has 0 radical (unpaired) electrons. The van der Waals surface area contributed by atoms with Gasteiger partial charge in [-0.15, -0.1) is 23.1 Å². The van der Waals surface area contributed by atoms with E-state index < -0.39 is 11.9 Å². The topological polar surface area (TPSA) is 66.4 Å². The van der Waals surface area contributed by atoms with Crippen LogP contribution in [0.2, 0.25) is 0 Å². The lowest BCUT2D eigenvalue weighted by atomic mass is 10.0. The highest BCUT2D eigenvalue weighted by Gasteiger charge is 2.28. The molecule has 0 spiro atoms. The molecule has 6 heteroatoms. The predicted octanol–water partition coefficient (Wildman–Crippen LogP) is 3.91. The molecular weight excluding hydrogens is 330 g/mol. The summed E-state index contributed by atoms with van der Waals surface area (Å²) in [5.41, 5.74) is 2.54. The lowest BCUT2D eigenvalue weighted by molar-refractivity contribution is -0.138. The number of aliphatic carboxylic acids is 1. The molecule has 1 aromatic heterocycles. The highest BCUT2D eigenvalue weighted by atomic mass is 32.2. The van der Waals surface area contributed by atoms with Crippen LogP contribution in [0.4, 0.5) is 5.69 Å². The Morgan fingerprint density at radius 2 is 2.00 bits per heavy atom. The zero-order chi connectivity index (χ0) is 16.4. The van der Waals surface area contributed by atoms with E-state index >= 15 is 0 Å². The molecular formula is C17H17NO3S2. The van der Waals surface area contributed by atoms with Gasteiger partial charge in [0, 0.05) is 10.6 Å². The van der Waals surface area contributed by atoms with E-state index in [4.69, 9.17) is 5.11 Å². The summed E-state index contributed by atoms with van der Waals surface area (Å²) in [5, 5.41) is 13.8. The fourth-order valence-electron chi connectivity index (χ4n) is 2.57. The molecule has 0 bridgehead atoms. The summed E-state index contributed by atoms with van der Waals surface area (Å²) < 4.78 is 0. The van der Waals surface area contributed by atoms with Crippen LogP contribution in [-0.2, 0) is 16.0 Å². The monoisotopic (exact) mass is 347 g/mol. The van der Waals surface area contributed by atoms with Gasteiger partial charge in [0.1, 0.15) is 5.25 Å². The molecule has 1 aliphatic rings. The van der Waals surface area contributed by atoms with E-state index in [1.54, 1.807) is 54.3 Å². The van der Waals surface area contributed by atoms with Crippen molar-refractivity contribution in [2.24, 2.45) is 0 Å². The molecule has 3 rings (SSSR count). The first-order valence-corrected chi connectivity index (χ1v) is 9.30. The number of carbonyl (C=O) groups is 2. The van der Waals surface area contributed by atoms with Gasteiger partial charge in [-0.2, -0.15) is 0 Å². The number of carboxylic acids is 1. The largest absolute Gasteiger partial charge is 0.481 e. The molecule has 2 heterocycles. The number of carbonyl (C=O) groups excluding carboxylic acids is 1. The van der Waals surface area contributed by atoms with Crippen molar-refractivity contribution in [3.63, 3.8) is 0 Å². The molecule has 1 amide bonds. The summed E-state index contributed by atoms with van der Waals surface area (Å²) in [6.07, 6.45) is 1.03. The maximum Gasteiger partial charge on any atom is 0.310 e. The molecule has 2 unspecified atom stereocenters. The lowest BCUT2D eigenvalue weighted by Crippen LogP contribution is -2.22. The molecule has 0 saturated carbocycles. The molecule has 120 valence electrons. The molecule has 1 aromatic carbocycles. The van der Waals surface area contributed by atoms with Gasteiger partial charge >= 0.3 is 5.97 Å². The average molecular weight is 347 g/mol. The third kappa shape index (κ3) is 3.43. The molecule has 2 N–H and O–H groups in total. The van der Waals surface area contributed by atoms with E-state index in [-0.39, 0.29) is 11.2 Å². The SMILES string of the molecule is CC(C(=O)O)c1ccc(NC(=O)C2SCCc3sccc32)cc1. The zero-order valence-electron chi connectivity index (χ0n) is 12.6. The number of fused-ring (bicyclic) bond motifs is 1. The van der Waals surface area contributed by atoms with Crippen LogP contribution >= 0.6 is 23.1 Å². The van der Waals surface area contributed by atoms with Crippen molar-refractivity contribution < 1.29 is 14.7 Å². The lowest BCUT2D eigenvalue weighted by Gasteiger charge is -2.21. The van der Waals surface area contributed by atoms with Gasteiger partial charge in [-0.05, 0) is 53.8 Å². The minimum Gasteiger partial charge on any atom is -0.481 e. The van der Waals surface area contributed by atoms with Gasteiger partial charge in [0.15, 0.2) is 0 Å². The number of thioether (sulfide) groups is 1. The van der Waals surface area contributed by atoms with Crippen LogP contribution in [-0.4, -0.2) is 22.7 Å². The first kappa shape index (κ1) is 16.1. The van der Waals surface area contributed by atoms with Crippen molar-refractivity contribution in [1.82, 2.24) is 0 Å². The van der Waals surface area contributed by atoms with Crippen molar-refractivity contribution in [3.8, 4) is 0 Å². The van der Waals surface area contributed by atoms with Gasteiger partial charge < -0.3 is 10.4 Å². The minimum atomic E-state index is -0.856. The van der Waals surface area contributed by atoms with Crippen LogP contribution in [0.25, 0.3) is 0 Å². The minimum absolute atomic E-state index is 0.0200. The number of anilines is 1. The number of benzene rings is 1. The summed E-state index contributed by atoms with van der Waals surface area (Å²) >= 11 is 3.38. The van der Waals surface area contributed by atoms with E-state index in [2.05, 4.69) is 5.32 Å². The van der Waals surface area contributed by atoms with Crippen molar-refractivity contribution >= 4 is 40.7 Å². The quantitative estimate of drug-likeness (QED) is 0.880. The van der Waals surface area contributed by atoms with E-state index in [1.165, 1.54) is 4.88 Å². The van der Waals surface area contributed by atoms with Crippen LogP contribution in [0.15, 0.2) is 35.7 Å². The second-order valence-electron chi connectivity index (χ2n) is 5.47. The van der Waals surface area contributed by atoms with Crippen molar-refractivity contribution in [2.75, 3.05) is 11.1 Å². The molecule has 0 fully saturated rings. The van der Waals surface area contributed by atoms with Gasteiger partial charge in [-0.1, -0.05) is 12.1 Å². The van der Waals surface area contributed by atoms with Crippen molar-refractivity contribution in [3.05, 3.63) is 51.7 Å². The summed E-state index contributed by atoms with van der Waals surface area (Å²) in [7, 11) is 0. The maximum atomic E-state index is 12.5. The Morgan fingerprint density at radius 1 is 1.26 bits per heavy atom. The van der Waals surface area contributed by atoms with Gasteiger partial charge in [-0.3, -0.25) is 9.59 Å². The van der Waals surface area contributed by atoms with Crippen LogP contribution in [0.1, 0.15) is 34.1 Å². The Hall–Kier alpha value is -1.79. The second kappa shape index (κ2) is 6.76. The maximum absolute atomic E-state index is 12.5. The first-order valence-electron chi connectivity index (χ1n) is 7.38. The van der Waals surface area contributed by atoms with E-state index in [0.717, 1.165) is 23.3 Å². The summed E-state index contributed by atoms with van der Waals surface area (Å²) in [6, 6.07) is 9.05. The van der Waals surface area contributed by atoms with Gasteiger partial charge in [-0.25, -0.2) is 0 Å². The van der Waals surface area contributed by atoms with Crippen LogP contribution < -0.4 is 5.32 Å². The fraction of sp³-hybridized carbons (Fsp3) is 0.294. The fourth-order valence-corrected chi connectivity index (χ4v) is 4.86. The van der Waals surface area contributed by atoms with Gasteiger partial charge in [0.25, 0.3) is 0 Å². The summed E-state index contributed by atoms with van der Waals surface area (Å²) in [5.74, 6) is -0.471. The molecule has 2 aromatic rings. The van der Waals surface area contributed by atoms with Crippen molar-refractivity contribution in [2.45, 2.75) is 24.5 Å². The number of hydrogen-bond donors (Lipinski definition) is 2. The zero-order valence-corrected chi connectivity index (χ0v) is 14.2. The number of nitrogens with one attached hydrogen (secondary N) is 1. The number of aryl methyl sites for hydroxylation is 1. The third-order valence-corrected chi connectivity index (χ3v) is 6.20. The molecule has 4 nitrogen and oxygen atoms in total. The highest BCUT2D eigenvalue weighted by molar-refractivity contribution is 8.00. The van der Waals surface area contributed by atoms with Crippen molar-refractivity contribution in [1.29, 1.82) is 0 Å². The van der Waals surface area contributed by atoms with E-state index in [0.29, 0.717) is 5.69 Å². The van der Waals surface area contributed by atoms with Crippen LogP contribution in [0, 0.1) is 0 Å². The Bertz CT molecular complexity index is 724. The summed E-state index contributed by atoms with van der Waals surface area (Å²) in [6.45, 7) is 1.65. The Labute approximate surface area is 142 Å². The number of hydrogen-bond acceptors (Lipinski definition) is 4. The Morgan fingerprint density at radius 3 is 2.70 bits per heavy atom. The predicted molar refractivity (Wildman–Crippen MR) is 94.3 cm³/mol. The van der Waals surface area contributed by atoms with Gasteiger partial charge in [0.2, 0.25) is 5.91 Å². The standard InChI is InChI=1S/C17H17NO3S2/c1-10(17(20)21)11-2-4-12(5-3-11)18-16(19)15-13-6-8-22-14(13)7-9-23-15/h2-6,8,10,15H,7,9H2,1H3,(H,18,19)(H,20,21). The second-order valence-corrected chi connectivity index (χ2v) is 7.68. The smallest absolute Gasteiger partial charge is 0.310 e. The number of thiophene rings is 1. The van der Waals surface area contributed by atoms with E-state index in [9.17, 15) is 9.59 Å². The molecule has 0 aliphatic carbocycles.